The molecular weight excluding hydrogens is 326 g/mol. The summed E-state index contributed by atoms with van der Waals surface area (Å²) in [5, 5.41) is 12.0. The average molecular weight is 349 g/mol. The van der Waals surface area contributed by atoms with Gasteiger partial charge in [-0.05, 0) is 50.1 Å². The molecule has 1 N–H and O–H groups in total. The molecule has 1 aliphatic rings. The van der Waals surface area contributed by atoms with Crippen molar-refractivity contribution in [3.8, 4) is 11.8 Å². The normalized spacial score (nSPS) is 17.8. The van der Waals surface area contributed by atoms with E-state index in [4.69, 9.17) is 10.00 Å². The van der Waals surface area contributed by atoms with Gasteiger partial charge in [-0.25, -0.2) is 0 Å². The summed E-state index contributed by atoms with van der Waals surface area (Å²) in [5.41, 5.74) is 3.22. The van der Waals surface area contributed by atoms with Crippen molar-refractivity contribution in [1.29, 1.82) is 5.26 Å². The maximum atomic E-state index is 12.7. The SMILES string of the molecule is Cc1ccc(N2CC[C@H](N[C@@H](C)c3ccc(OCC#N)cc3)C2=O)cc1. The van der Waals surface area contributed by atoms with Crippen molar-refractivity contribution in [2.75, 3.05) is 18.1 Å². The second kappa shape index (κ2) is 8.03. The van der Waals surface area contributed by atoms with Crippen molar-refractivity contribution in [2.24, 2.45) is 0 Å². The molecule has 1 fully saturated rings. The first-order valence-corrected chi connectivity index (χ1v) is 8.82. The van der Waals surface area contributed by atoms with E-state index in [2.05, 4.69) is 5.32 Å². The van der Waals surface area contributed by atoms with E-state index in [1.54, 1.807) is 0 Å². The minimum absolute atomic E-state index is 0.0402. The molecule has 0 saturated carbocycles. The monoisotopic (exact) mass is 349 g/mol. The molecule has 2 aromatic rings. The number of rotatable bonds is 6. The molecule has 2 atom stereocenters. The number of benzene rings is 2. The third kappa shape index (κ3) is 4.04. The molecule has 134 valence electrons. The van der Waals surface area contributed by atoms with Crippen LogP contribution in [0.15, 0.2) is 48.5 Å². The summed E-state index contributed by atoms with van der Waals surface area (Å²) in [4.78, 5) is 14.6. The van der Waals surface area contributed by atoms with Gasteiger partial charge in [-0.1, -0.05) is 29.8 Å². The molecule has 1 saturated heterocycles. The fourth-order valence-corrected chi connectivity index (χ4v) is 3.18. The molecule has 0 spiro atoms. The molecule has 0 bridgehead atoms. The first kappa shape index (κ1) is 18.0. The topological polar surface area (TPSA) is 65.4 Å². The zero-order valence-corrected chi connectivity index (χ0v) is 15.1. The Balaban J connectivity index is 1.61. The van der Waals surface area contributed by atoms with Gasteiger partial charge in [0.2, 0.25) is 5.91 Å². The number of nitrogens with zero attached hydrogens (tertiary/aromatic N) is 2. The van der Waals surface area contributed by atoms with Gasteiger partial charge >= 0.3 is 0 Å². The van der Waals surface area contributed by atoms with Gasteiger partial charge in [0.25, 0.3) is 0 Å². The minimum atomic E-state index is -0.180. The summed E-state index contributed by atoms with van der Waals surface area (Å²) in [6.07, 6.45) is 0.792. The number of amides is 1. The number of nitriles is 1. The number of nitrogens with one attached hydrogen (secondary N) is 1. The Morgan fingerprint density at radius 1 is 1.23 bits per heavy atom. The second-order valence-corrected chi connectivity index (χ2v) is 6.57. The predicted molar refractivity (Wildman–Crippen MR) is 101 cm³/mol. The van der Waals surface area contributed by atoms with E-state index in [0.29, 0.717) is 5.75 Å². The number of carbonyl (C=O) groups excluding carboxylic acids is 1. The predicted octanol–water partition coefficient (Wildman–Crippen LogP) is 3.35. The van der Waals surface area contributed by atoms with Gasteiger partial charge in [0.15, 0.2) is 6.61 Å². The lowest BCUT2D eigenvalue weighted by molar-refractivity contribution is -0.119. The number of aryl methyl sites for hydroxylation is 1. The molecule has 26 heavy (non-hydrogen) atoms. The highest BCUT2D eigenvalue weighted by atomic mass is 16.5. The van der Waals surface area contributed by atoms with Crippen molar-refractivity contribution in [3.63, 3.8) is 0 Å². The molecule has 0 unspecified atom stereocenters. The van der Waals surface area contributed by atoms with Gasteiger partial charge in [0, 0.05) is 18.3 Å². The largest absolute Gasteiger partial charge is 0.479 e. The highest BCUT2D eigenvalue weighted by Gasteiger charge is 2.33. The first-order chi connectivity index (χ1) is 12.6. The molecule has 5 heteroatoms. The molecule has 0 aliphatic carbocycles. The van der Waals surface area contributed by atoms with Crippen molar-refractivity contribution >= 4 is 11.6 Å². The Bertz CT molecular complexity index is 794. The molecule has 1 heterocycles. The fraction of sp³-hybridized carbons (Fsp3) is 0.333. The summed E-state index contributed by atoms with van der Waals surface area (Å²) >= 11 is 0. The highest BCUT2D eigenvalue weighted by molar-refractivity contribution is 5.99. The molecule has 0 radical (unpaired) electrons. The van der Waals surface area contributed by atoms with Crippen LogP contribution in [0, 0.1) is 18.3 Å². The molecule has 2 aromatic carbocycles. The van der Waals surface area contributed by atoms with Crippen molar-refractivity contribution in [3.05, 3.63) is 59.7 Å². The van der Waals surface area contributed by atoms with Gasteiger partial charge in [0.05, 0.1) is 6.04 Å². The molecule has 0 aromatic heterocycles. The first-order valence-electron chi connectivity index (χ1n) is 8.82. The van der Waals surface area contributed by atoms with E-state index in [1.807, 2.05) is 73.3 Å². The molecule has 1 aliphatic heterocycles. The lowest BCUT2D eigenvalue weighted by atomic mass is 10.1. The standard InChI is InChI=1S/C21H23N3O2/c1-15-3-7-18(8-4-15)24-13-11-20(21(24)25)23-16(2)17-5-9-19(10-6-17)26-14-12-22/h3-10,16,20,23H,11,13-14H2,1-2H3/t16-,20-/m0/s1. The summed E-state index contributed by atoms with van der Waals surface area (Å²) in [6, 6.07) is 17.5. The van der Waals surface area contributed by atoms with Crippen LogP contribution in [-0.4, -0.2) is 25.1 Å². The molecule has 3 rings (SSSR count). The maximum absolute atomic E-state index is 12.7. The second-order valence-electron chi connectivity index (χ2n) is 6.57. The maximum Gasteiger partial charge on any atom is 0.244 e. The van der Waals surface area contributed by atoms with E-state index in [0.717, 1.165) is 24.2 Å². The van der Waals surface area contributed by atoms with Gasteiger partial charge in [-0.15, -0.1) is 0 Å². The van der Waals surface area contributed by atoms with Crippen LogP contribution in [0.1, 0.15) is 30.5 Å². The van der Waals surface area contributed by atoms with Crippen LogP contribution >= 0.6 is 0 Å². The quantitative estimate of drug-likeness (QED) is 0.868. The van der Waals surface area contributed by atoms with Crippen LogP contribution in [0.25, 0.3) is 0 Å². The van der Waals surface area contributed by atoms with Crippen LogP contribution in [0.2, 0.25) is 0 Å². The lowest BCUT2D eigenvalue weighted by Crippen LogP contribution is -2.39. The van der Waals surface area contributed by atoms with Crippen LogP contribution in [-0.2, 0) is 4.79 Å². The Morgan fingerprint density at radius 2 is 1.92 bits per heavy atom. The Labute approximate surface area is 154 Å². The summed E-state index contributed by atoms with van der Waals surface area (Å²) < 4.78 is 5.27. The van der Waals surface area contributed by atoms with E-state index in [1.165, 1.54) is 5.56 Å². The van der Waals surface area contributed by atoms with Gasteiger partial charge in [-0.3, -0.25) is 10.1 Å². The van der Waals surface area contributed by atoms with Crippen LogP contribution in [0.4, 0.5) is 5.69 Å². The average Bonchev–Trinajstić information content (AvgIpc) is 3.01. The molecule has 5 nitrogen and oxygen atoms in total. The summed E-state index contributed by atoms with van der Waals surface area (Å²) in [6.45, 7) is 4.86. The molecular formula is C21H23N3O2. The van der Waals surface area contributed by atoms with E-state index in [-0.39, 0.29) is 24.6 Å². The van der Waals surface area contributed by atoms with Crippen LogP contribution in [0.5, 0.6) is 5.75 Å². The minimum Gasteiger partial charge on any atom is -0.479 e. The smallest absolute Gasteiger partial charge is 0.244 e. The Kier molecular flexibility index (Phi) is 5.55. The zero-order chi connectivity index (χ0) is 18.5. The number of ether oxygens (including phenoxy) is 1. The summed E-state index contributed by atoms with van der Waals surface area (Å²) in [5.74, 6) is 0.791. The van der Waals surface area contributed by atoms with E-state index >= 15 is 0 Å². The van der Waals surface area contributed by atoms with Gasteiger partial charge < -0.3 is 9.64 Å². The lowest BCUT2D eigenvalue weighted by Gasteiger charge is -2.21. The van der Waals surface area contributed by atoms with E-state index in [9.17, 15) is 4.79 Å². The Hall–Kier alpha value is -2.84. The fourth-order valence-electron chi connectivity index (χ4n) is 3.18. The third-order valence-corrected chi connectivity index (χ3v) is 4.69. The van der Waals surface area contributed by atoms with Crippen LogP contribution < -0.4 is 15.0 Å². The van der Waals surface area contributed by atoms with E-state index < -0.39 is 0 Å². The number of hydrogen-bond acceptors (Lipinski definition) is 4. The van der Waals surface area contributed by atoms with Gasteiger partial charge in [0.1, 0.15) is 11.8 Å². The highest BCUT2D eigenvalue weighted by Crippen LogP contribution is 2.24. The van der Waals surface area contributed by atoms with Crippen molar-refractivity contribution in [1.82, 2.24) is 5.32 Å². The Morgan fingerprint density at radius 3 is 2.58 bits per heavy atom. The van der Waals surface area contributed by atoms with Crippen molar-refractivity contribution in [2.45, 2.75) is 32.4 Å². The summed E-state index contributed by atoms with van der Waals surface area (Å²) in [7, 11) is 0. The van der Waals surface area contributed by atoms with Gasteiger partial charge in [-0.2, -0.15) is 5.26 Å². The van der Waals surface area contributed by atoms with Crippen molar-refractivity contribution < 1.29 is 9.53 Å². The number of carbonyl (C=O) groups is 1. The number of hydrogen-bond donors (Lipinski definition) is 1. The molecule has 1 amide bonds. The zero-order valence-electron chi connectivity index (χ0n) is 15.1. The number of anilines is 1. The van der Waals surface area contributed by atoms with Crippen LogP contribution in [0.3, 0.4) is 0 Å². The third-order valence-electron chi connectivity index (χ3n) is 4.69.